The third-order valence-corrected chi connectivity index (χ3v) is 6.08. The molecule has 10 heteroatoms. The first kappa shape index (κ1) is 20.4. The van der Waals surface area contributed by atoms with Crippen molar-refractivity contribution in [3.05, 3.63) is 0 Å². The Morgan fingerprint density at radius 3 is 2.36 bits per heavy atom. The van der Waals surface area contributed by atoms with E-state index in [9.17, 15) is 28.5 Å². The smallest absolute Gasteiger partial charge is 0.328 e. The zero-order valence-corrected chi connectivity index (χ0v) is 15.1. The molecule has 0 aromatic rings. The lowest BCUT2D eigenvalue weighted by Gasteiger charge is -2.39. The fourth-order valence-corrected chi connectivity index (χ4v) is 4.29. The molecule has 1 unspecified atom stereocenters. The summed E-state index contributed by atoms with van der Waals surface area (Å²) in [5.74, 6) is -0.442. The maximum atomic E-state index is 12.0. The van der Waals surface area contributed by atoms with Crippen LogP contribution in [-0.2, 0) is 14.8 Å². The summed E-state index contributed by atoms with van der Waals surface area (Å²) in [6.07, 6.45) is -0.968. The molecule has 1 aliphatic heterocycles. The van der Waals surface area contributed by atoms with Crippen molar-refractivity contribution in [2.24, 2.45) is 0 Å². The number of urea groups is 1. The highest BCUT2D eigenvalue weighted by molar-refractivity contribution is 7.90. The van der Waals surface area contributed by atoms with Crippen LogP contribution in [0.25, 0.3) is 0 Å². The maximum Gasteiger partial charge on any atom is 0.328 e. The number of rotatable bonds is 5. The number of aliphatic hydroxyl groups is 3. The highest BCUT2D eigenvalue weighted by Crippen LogP contribution is 2.23. The van der Waals surface area contributed by atoms with Crippen LogP contribution in [-0.4, -0.2) is 72.1 Å². The Kier molecular flexibility index (Phi) is 7.03. The van der Waals surface area contributed by atoms with Gasteiger partial charge in [0.25, 0.3) is 0 Å². The quantitative estimate of drug-likeness (QED) is 0.420. The Hall–Kier alpha value is -0.940. The third kappa shape index (κ3) is 5.78. The fraction of sp³-hybridized carbons (Fsp3) is 0.933. The zero-order chi connectivity index (χ0) is 18.6. The summed E-state index contributed by atoms with van der Waals surface area (Å²) in [5.41, 5.74) is 0. The van der Waals surface area contributed by atoms with E-state index in [4.69, 9.17) is 4.74 Å². The molecule has 0 aromatic carbocycles. The van der Waals surface area contributed by atoms with Gasteiger partial charge in [0, 0.05) is 6.04 Å². The van der Waals surface area contributed by atoms with Crippen LogP contribution in [0.4, 0.5) is 4.79 Å². The van der Waals surface area contributed by atoms with Crippen molar-refractivity contribution in [1.82, 2.24) is 10.0 Å². The summed E-state index contributed by atoms with van der Waals surface area (Å²) in [5, 5.41) is 31.9. The lowest BCUT2D eigenvalue weighted by molar-refractivity contribution is -0.217. The van der Waals surface area contributed by atoms with Gasteiger partial charge in [-0.2, -0.15) is 0 Å². The number of hydrogen-bond donors (Lipinski definition) is 5. The highest BCUT2D eigenvalue weighted by Gasteiger charge is 2.41. The molecule has 0 aromatic heterocycles. The number of ether oxygens (including phenoxy) is 1. The van der Waals surface area contributed by atoms with Gasteiger partial charge >= 0.3 is 6.03 Å². The van der Waals surface area contributed by atoms with Crippen LogP contribution < -0.4 is 10.0 Å². The molecule has 2 rings (SSSR count). The van der Waals surface area contributed by atoms with Crippen molar-refractivity contribution >= 4 is 16.1 Å². The summed E-state index contributed by atoms with van der Waals surface area (Å²) in [7, 11) is -3.90. The van der Waals surface area contributed by atoms with Crippen LogP contribution in [0.2, 0.25) is 0 Å². The molecule has 0 radical (unpaired) electrons. The molecular weight excluding hydrogens is 352 g/mol. The normalized spacial score (nSPS) is 34.5. The average Bonchev–Trinajstić information content (AvgIpc) is 2.55. The molecule has 5 atom stereocenters. The Labute approximate surface area is 147 Å². The number of amides is 2. The van der Waals surface area contributed by atoms with E-state index < -0.39 is 52.3 Å². The van der Waals surface area contributed by atoms with Crippen LogP contribution in [0.3, 0.4) is 0 Å². The van der Waals surface area contributed by atoms with E-state index in [0.29, 0.717) is 0 Å². The Morgan fingerprint density at radius 1 is 1.08 bits per heavy atom. The second kappa shape index (κ2) is 8.63. The molecule has 1 saturated carbocycles. The van der Waals surface area contributed by atoms with Crippen LogP contribution in [0, 0.1) is 0 Å². The SMILES string of the molecule is CC1O[C@H](CCS(=O)(=O)NC(=O)NC2CCCCC2)[C@@H](O)[C@H](O)[C@@H]1O. The topological polar surface area (TPSA) is 145 Å². The molecule has 9 nitrogen and oxygen atoms in total. The van der Waals surface area contributed by atoms with E-state index in [0.717, 1.165) is 32.1 Å². The minimum absolute atomic E-state index is 0.00932. The van der Waals surface area contributed by atoms with Gasteiger partial charge < -0.3 is 25.4 Å². The van der Waals surface area contributed by atoms with Gasteiger partial charge in [-0.3, -0.25) is 0 Å². The molecule has 5 N–H and O–H groups in total. The van der Waals surface area contributed by atoms with Crippen molar-refractivity contribution in [2.75, 3.05) is 5.75 Å². The second-order valence-corrected chi connectivity index (χ2v) is 8.71. The average molecular weight is 380 g/mol. The molecule has 146 valence electrons. The Bertz CT molecular complexity index is 550. The van der Waals surface area contributed by atoms with Crippen LogP contribution >= 0.6 is 0 Å². The summed E-state index contributed by atoms with van der Waals surface area (Å²) in [6.45, 7) is 1.52. The lowest BCUT2D eigenvalue weighted by atomic mass is 9.94. The second-order valence-electron chi connectivity index (χ2n) is 6.87. The first-order valence-electron chi connectivity index (χ1n) is 8.70. The molecule has 1 aliphatic carbocycles. The largest absolute Gasteiger partial charge is 0.388 e. The molecule has 0 bridgehead atoms. The first-order valence-corrected chi connectivity index (χ1v) is 10.4. The van der Waals surface area contributed by atoms with Crippen LogP contribution in [0.1, 0.15) is 45.4 Å². The summed E-state index contributed by atoms with van der Waals surface area (Å²) in [4.78, 5) is 11.8. The van der Waals surface area contributed by atoms with Gasteiger partial charge in [0.1, 0.15) is 18.3 Å². The molecule has 2 fully saturated rings. The van der Waals surface area contributed by atoms with E-state index in [2.05, 4.69) is 5.32 Å². The van der Waals surface area contributed by atoms with Gasteiger partial charge in [0.05, 0.1) is 18.0 Å². The number of nitrogens with one attached hydrogen (secondary N) is 2. The van der Waals surface area contributed by atoms with Gasteiger partial charge in [0.15, 0.2) is 0 Å². The van der Waals surface area contributed by atoms with Gasteiger partial charge in [0.2, 0.25) is 10.0 Å². The molecule has 0 spiro atoms. The fourth-order valence-electron chi connectivity index (χ4n) is 3.30. The molecule has 1 saturated heterocycles. The number of aliphatic hydroxyl groups excluding tert-OH is 3. The highest BCUT2D eigenvalue weighted by atomic mass is 32.2. The van der Waals surface area contributed by atoms with Gasteiger partial charge in [-0.25, -0.2) is 17.9 Å². The Morgan fingerprint density at radius 2 is 1.72 bits per heavy atom. The third-order valence-electron chi connectivity index (χ3n) is 4.81. The van der Waals surface area contributed by atoms with Crippen molar-refractivity contribution < 1.29 is 33.3 Å². The van der Waals surface area contributed by atoms with E-state index >= 15 is 0 Å². The van der Waals surface area contributed by atoms with Gasteiger partial charge in [-0.1, -0.05) is 19.3 Å². The van der Waals surface area contributed by atoms with Gasteiger partial charge in [-0.15, -0.1) is 0 Å². The number of carbonyl (C=O) groups is 1. The molecule has 2 amide bonds. The molecular formula is C15H28N2O7S. The molecule has 1 heterocycles. The monoisotopic (exact) mass is 380 g/mol. The summed E-state index contributed by atoms with van der Waals surface area (Å²) >= 11 is 0. The maximum absolute atomic E-state index is 12.0. The Balaban J connectivity index is 1.81. The predicted molar refractivity (Wildman–Crippen MR) is 89.3 cm³/mol. The summed E-state index contributed by atoms with van der Waals surface area (Å²) < 4.78 is 31.4. The number of hydrogen-bond acceptors (Lipinski definition) is 7. The van der Waals surface area contributed by atoms with E-state index in [1.54, 1.807) is 0 Å². The van der Waals surface area contributed by atoms with Crippen molar-refractivity contribution in [2.45, 2.75) is 82.0 Å². The first-order chi connectivity index (χ1) is 11.7. The van der Waals surface area contributed by atoms with E-state index in [1.807, 2.05) is 4.72 Å². The molecule has 25 heavy (non-hydrogen) atoms. The zero-order valence-electron chi connectivity index (χ0n) is 14.3. The minimum atomic E-state index is -3.90. The minimum Gasteiger partial charge on any atom is -0.388 e. The van der Waals surface area contributed by atoms with E-state index in [-0.39, 0.29) is 12.5 Å². The standard InChI is InChI=1S/C15H28N2O7S/c1-9-12(18)14(20)13(19)11(24-9)7-8-25(22,23)17-15(21)16-10-5-3-2-4-6-10/h9-14,18-20H,2-8H2,1H3,(H2,16,17,21)/t9?,11-,12-,13-,14-/m1/s1. The summed E-state index contributed by atoms with van der Waals surface area (Å²) in [6, 6.07) is -0.759. The predicted octanol–water partition coefficient (Wildman–Crippen LogP) is -0.792. The molecule has 2 aliphatic rings. The van der Waals surface area contributed by atoms with E-state index in [1.165, 1.54) is 6.92 Å². The van der Waals surface area contributed by atoms with Crippen LogP contribution in [0.5, 0.6) is 0 Å². The van der Waals surface area contributed by atoms with Crippen molar-refractivity contribution in [1.29, 1.82) is 0 Å². The van der Waals surface area contributed by atoms with Gasteiger partial charge in [-0.05, 0) is 26.2 Å². The lowest BCUT2D eigenvalue weighted by Crippen LogP contribution is -2.57. The van der Waals surface area contributed by atoms with Crippen molar-refractivity contribution in [3.63, 3.8) is 0 Å². The van der Waals surface area contributed by atoms with Crippen LogP contribution in [0.15, 0.2) is 0 Å². The van der Waals surface area contributed by atoms with Crippen molar-refractivity contribution in [3.8, 4) is 0 Å². The number of carbonyl (C=O) groups excluding carboxylic acids is 1. The number of sulfonamides is 1.